The van der Waals surface area contributed by atoms with Gasteiger partial charge in [-0.05, 0) is 30.5 Å². The van der Waals surface area contributed by atoms with Crippen molar-refractivity contribution in [2.45, 2.75) is 12.5 Å². The third-order valence-electron chi connectivity index (χ3n) is 4.23. The molecule has 1 atom stereocenters. The maximum absolute atomic E-state index is 12.9. The van der Waals surface area contributed by atoms with Crippen LogP contribution in [0.3, 0.4) is 0 Å². The van der Waals surface area contributed by atoms with Crippen molar-refractivity contribution in [1.29, 1.82) is 0 Å². The highest BCUT2D eigenvalue weighted by molar-refractivity contribution is 7.14. The van der Waals surface area contributed by atoms with Gasteiger partial charge >= 0.3 is 6.03 Å². The molecule has 146 valence electrons. The van der Waals surface area contributed by atoms with Crippen LogP contribution in [0.15, 0.2) is 29.6 Å². The number of hydrogen-bond donors (Lipinski definition) is 3. The van der Waals surface area contributed by atoms with Crippen LogP contribution < -0.4 is 16.4 Å². The van der Waals surface area contributed by atoms with E-state index in [9.17, 15) is 19.2 Å². The molecule has 2 heterocycles. The second-order valence-corrected chi connectivity index (χ2v) is 7.91. The number of thiophene rings is 1. The molecule has 5 amide bonds. The molecule has 0 spiro atoms. The number of hydrogen-bond acceptors (Lipinski definition) is 5. The highest BCUT2D eigenvalue weighted by Gasteiger charge is 2.50. The van der Waals surface area contributed by atoms with Gasteiger partial charge in [-0.15, -0.1) is 11.3 Å². The Morgan fingerprint density at radius 2 is 2.00 bits per heavy atom. The number of amides is 5. The molecule has 4 N–H and O–H groups in total. The lowest BCUT2D eigenvalue weighted by Crippen LogP contribution is -2.42. The number of rotatable bonds is 5. The van der Waals surface area contributed by atoms with Crippen LogP contribution in [0.25, 0.3) is 0 Å². The molecular weight excluding hydrogens is 427 g/mol. The lowest BCUT2D eigenvalue weighted by atomic mass is 9.92. The van der Waals surface area contributed by atoms with E-state index in [0.717, 1.165) is 16.2 Å². The molecular formula is C17H14Cl2N4O4S. The average Bonchev–Trinajstić information content (AvgIpc) is 3.14. The Morgan fingerprint density at radius 3 is 2.64 bits per heavy atom. The number of anilines is 1. The molecule has 1 fully saturated rings. The summed E-state index contributed by atoms with van der Waals surface area (Å²) in [6.07, 6.45) is 0. The SMILES string of the molecule is C[C@]1(c2ccc(Cl)cc2Cl)NC(=O)N(CC(=O)Nc2sccc2C(N)=O)C1=O. The van der Waals surface area contributed by atoms with Crippen LogP contribution >= 0.6 is 34.5 Å². The van der Waals surface area contributed by atoms with E-state index in [1.165, 1.54) is 25.1 Å². The Kier molecular flexibility index (Phi) is 5.33. The first-order chi connectivity index (χ1) is 13.1. The number of urea groups is 1. The second-order valence-electron chi connectivity index (χ2n) is 6.15. The minimum Gasteiger partial charge on any atom is -0.366 e. The molecule has 1 aromatic heterocycles. The van der Waals surface area contributed by atoms with E-state index in [1.807, 2.05) is 0 Å². The predicted molar refractivity (Wildman–Crippen MR) is 106 cm³/mol. The van der Waals surface area contributed by atoms with Crippen molar-refractivity contribution in [3.8, 4) is 0 Å². The van der Waals surface area contributed by atoms with Crippen molar-refractivity contribution in [3.05, 3.63) is 50.8 Å². The zero-order valence-electron chi connectivity index (χ0n) is 14.4. The largest absolute Gasteiger partial charge is 0.366 e. The van der Waals surface area contributed by atoms with Crippen molar-refractivity contribution in [2.24, 2.45) is 5.73 Å². The van der Waals surface area contributed by atoms with E-state index < -0.39 is 35.8 Å². The van der Waals surface area contributed by atoms with Gasteiger partial charge in [0.15, 0.2) is 0 Å². The molecule has 1 aromatic carbocycles. The monoisotopic (exact) mass is 440 g/mol. The Labute approximate surface area is 173 Å². The van der Waals surface area contributed by atoms with Crippen LogP contribution in [0.2, 0.25) is 10.0 Å². The summed E-state index contributed by atoms with van der Waals surface area (Å²) >= 11 is 13.2. The second kappa shape index (κ2) is 7.42. The number of carbonyl (C=O) groups excluding carboxylic acids is 4. The molecule has 0 bridgehead atoms. The van der Waals surface area contributed by atoms with E-state index >= 15 is 0 Å². The number of imide groups is 1. The third-order valence-corrected chi connectivity index (χ3v) is 5.61. The molecule has 3 rings (SSSR count). The number of nitrogens with zero attached hydrogens (tertiary/aromatic N) is 1. The molecule has 0 radical (unpaired) electrons. The van der Waals surface area contributed by atoms with E-state index in [1.54, 1.807) is 11.4 Å². The highest BCUT2D eigenvalue weighted by atomic mass is 35.5. The van der Waals surface area contributed by atoms with Crippen molar-refractivity contribution in [2.75, 3.05) is 11.9 Å². The fourth-order valence-electron chi connectivity index (χ4n) is 2.83. The van der Waals surface area contributed by atoms with Gasteiger partial charge in [0.05, 0.1) is 5.56 Å². The third kappa shape index (κ3) is 3.56. The quantitative estimate of drug-likeness (QED) is 0.618. The van der Waals surface area contributed by atoms with E-state index in [4.69, 9.17) is 28.9 Å². The maximum Gasteiger partial charge on any atom is 0.325 e. The minimum atomic E-state index is -1.44. The topological polar surface area (TPSA) is 122 Å². The first kappa shape index (κ1) is 20.1. The van der Waals surface area contributed by atoms with Gasteiger partial charge in [0.1, 0.15) is 17.1 Å². The standard InChI is InChI=1S/C17H14Cl2N4O4S/c1-17(10-3-2-8(18)6-11(10)19)15(26)23(16(27)22-17)7-12(24)21-14-9(13(20)25)4-5-28-14/h2-6H,7H2,1H3,(H2,20,25)(H,21,24)(H,22,27)/t17-/m1/s1. The number of nitrogens with one attached hydrogen (secondary N) is 2. The molecule has 1 aliphatic heterocycles. The number of nitrogens with two attached hydrogens (primary N) is 1. The zero-order chi connectivity index (χ0) is 20.6. The number of benzene rings is 1. The number of primary amides is 1. The van der Waals surface area contributed by atoms with Gasteiger partial charge < -0.3 is 16.4 Å². The summed E-state index contributed by atoms with van der Waals surface area (Å²) in [6, 6.07) is 5.27. The van der Waals surface area contributed by atoms with Gasteiger partial charge in [-0.2, -0.15) is 0 Å². The van der Waals surface area contributed by atoms with Gasteiger partial charge in [-0.25, -0.2) is 4.79 Å². The Bertz CT molecular complexity index is 1010. The average molecular weight is 441 g/mol. The lowest BCUT2D eigenvalue weighted by molar-refractivity contribution is -0.133. The summed E-state index contributed by atoms with van der Waals surface area (Å²) in [4.78, 5) is 49.7. The summed E-state index contributed by atoms with van der Waals surface area (Å²) in [6.45, 7) is 0.951. The van der Waals surface area contributed by atoms with Gasteiger partial charge in [0.2, 0.25) is 5.91 Å². The first-order valence-electron chi connectivity index (χ1n) is 7.90. The maximum atomic E-state index is 12.9. The van der Waals surface area contributed by atoms with E-state index in [0.29, 0.717) is 10.6 Å². The Balaban J connectivity index is 1.79. The molecule has 0 aliphatic carbocycles. The van der Waals surface area contributed by atoms with Crippen LogP contribution in [0.4, 0.5) is 9.80 Å². The van der Waals surface area contributed by atoms with Gasteiger partial charge in [-0.3, -0.25) is 19.3 Å². The fraction of sp³-hybridized carbons (Fsp3) is 0.176. The smallest absolute Gasteiger partial charge is 0.325 e. The molecule has 0 unspecified atom stereocenters. The predicted octanol–water partition coefficient (Wildman–Crippen LogP) is 2.56. The van der Waals surface area contributed by atoms with Crippen LogP contribution in [-0.2, 0) is 15.1 Å². The van der Waals surface area contributed by atoms with Crippen LogP contribution in [0, 0.1) is 0 Å². The molecule has 11 heteroatoms. The summed E-state index contributed by atoms with van der Waals surface area (Å²) in [5, 5.41) is 7.47. The molecule has 1 saturated heterocycles. The van der Waals surface area contributed by atoms with Gasteiger partial charge in [0.25, 0.3) is 11.8 Å². The normalized spacial score (nSPS) is 18.9. The van der Waals surface area contributed by atoms with Crippen LogP contribution in [0.5, 0.6) is 0 Å². The minimum absolute atomic E-state index is 0.147. The van der Waals surface area contributed by atoms with Crippen molar-refractivity contribution < 1.29 is 19.2 Å². The summed E-state index contributed by atoms with van der Waals surface area (Å²) in [7, 11) is 0. The molecule has 8 nitrogen and oxygen atoms in total. The Hall–Kier alpha value is -2.62. The Morgan fingerprint density at radius 1 is 1.29 bits per heavy atom. The first-order valence-corrected chi connectivity index (χ1v) is 9.54. The van der Waals surface area contributed by atoms with E-state index in [-0.39, 0.29) is 15.6 Å². The highest BCUT2D eigenvalue weighted by Crippen LogP contribution is 2.35. The zero-order valence-corrected chi connectivity index (χ0v) is 16.7. The summed E-state index contributed by atoms with van der Waals surface area (Å²) in [5.74, 6) is -1.99. The summed E-state index contributed by atoms with van der Waals surface area (Å²) < 4.78 is 0. The van der Waals surface area contributed by atoms with Crippen LogP contribution in [0.1, 0.15) is 22.8 Å². The van der Waals surface area contributed by atoms with Crippen molar-refractivity contribution in [3.63, 3.8) is 0 Å². The number of halogens is 2. The fourth-order valence-corrected chi connectivity index (χ4v) is 4.23. The molecule has 0 saturated carbocycles. The van der Waals surface area contributed by atoms with Gasteiger partial charge in [-0.1, -0.05) is 29.3 Å². The molecule has 2 aromatic rings. The molecule has 1 aliphatic rings. The van der Waals surface area contributed by atoms with Crippen molar-refractivity contribution in [1.82, 2.24) is 10.2 Å². The molecule has 28 heavy (non-hydrogen) atoms. The lowest BCUT2D eigenvalue weighted by Gasteiger charge is -2.23. The van der Waals surface area contributed by atoms with Gasteiger partial charge in [0, 0.05) is 15.6 Å². The van der Waals surface area contributed by atoms with Crippen LogP contribution in [-0.4, -0.2) is 35.2 Å². The summed E-state index contributed by atoms with van der Waals surface area (Å²) in [5.41, 5.74) is 4.29. The van der Waals surface area contributed by atoms with Crippen molar-refractivity contribution >= 4 is 63.3 Å². The van der Waals surface area contributed by atoms with E-state index in [2.05, 4.69) is 10.6 Å². The number of carbonyl (C=O) groups is 4.